The first-order chi connectivity index (χ1) is 38.9. The fraction of sp³-hybridized carbons (Fsp3) is 0.692. The van der Waals surface area contributed by atoms with Gasteiger partial charge in [-0.15, -0.1) is 0 Å². The summed E-state index contributed by atoms with van der Waals surface area (Å²) in [6.07, 6.45) is -5.53. The van der Waals surface area contributed by atoms with Gasteiger partial charge in [-0.25, -0.2) is 38.1 Å². The van der Waals surface area contributed by atoms with Crippen LogP contribution in [0.2, 0.25) is 0 Å². The highest BCUT2D eigenvalue weighted by Crippen LogP contribution is 2.41. The molecule has 0 aliphatic carbocycles. The molecule has 2 heterocycles. The second kappa shape index (κ2) is 30.5. The third-order valence-electron chi connectivity index (χ3n) is 14.3. The zero-order chi connectivity index (χ0) is 64.8. The molecule has 0 saturated carbocycles. The lowest BCUT2D eigenvalue weighted by atomic mass is 10.0. The number of halogens is 10. The largest absolute Gasteiger partial charge is 0.616 e. The maximum absolute atomic E-state index is 13.2. The van der Waals surface area contributed by atoms with E-state index in [1.165, 1.54) is 46.2 Å². The van der Waals surface area contributed by atoms with Crippen LogP contribution < -0.4 is 29.5 Å². The molecule has 0 spiro atoms. The van der Waals surface area contributed by atoms with Gasteiger partial charge in [-0.2, -0.15) is 60.7 Å². The third-order valence-corrected chi connectivity index (χ3v) is 18.6. The van der Waals surface area contributed by atoms with Crippen molar-refractivity contribution < 1.29 is 92.9 Å². The number of urea groups is 2. The fourth-order valence-corrected chi connectivity index (χ4v) is 13.0. The van der Waals surface area contributed by atoms with Gasteiger partial charge in [0, 0.05) is 25.9 Å². The van der Waals surface area contributed by atoms with Gasteiger partial charge in [0.15, 0.2) is 0 Å². The van der Waals surface area contributed by atoms with E-state index >= 15 is 0 Å². The number of nitrogens with two attached hydrogens (primary N) is 2. The molecule has 486 valence electrons. The van der Waals surface area contributed by atoms with Crippen LogP contribution in [0.15, 0.2) is 36.4 Å². The second-order valence-electron chi connectivity index (χ2n) is 22.1. The Morgan fingerprint density at radius 2 is 0.812 bits per heavy atom. The number of hydrogen-bond donors (Lipinski definition) is 4. The van der Waals surface area contributed by atoms with Crippen LogP contribution in [-0.2, 0) is 51.0 Å². The van der Waals surface area contributed by atoms with Crippen LogP contribution >= 0.6 is 0 Å². The molecule has 2 aliphatic rings. The molecule has 2 aromatic rings. The van der Waals surface area contributed by atoms with Gasteiger partial charge in [0.2, 0.25) is 0 Å². The van der Waals surface area contributed by atoms with Gasteiger partial charge in [0.25, 0.3) is 32.2 Å². The van der Waals surface area contributed by atoms with Gasteiger partial charge in [-0.05, 0) is 134 Å². The van der Waals surface area contributed by atoms with Crippen LogP contribution in [0.25, 0.3) is 0 Å². The molecule has 6 amide bonds. The van der Waals surface area contributed by atoms with Crippen LogP contribution in [-0.4, -0.2) is 135 Å². The van der Waals surface area contributed by atoms with Crippen molar-refractivity contribution in [1.82, 2.24) is 9.80 Å². The minimum atomic E-state index is -5.69. The highest BCUT2D eigenvalue weighted by atomic mass is 32.2. The predicted molar refractivity (Wildman–Crippen MR) is 305 cm³/mol. The molecule has 2 fully saturated rings. The Morgan fingerprint density at radius 3 is 1.16 bits per heavy atom. The van der Waals surface area contributed by atoms with Crippen molar-refractivity contribution in [2.75, 3.05) is 55.3 Å². The zero-order valence-corrected chi connectivity index (χ0v) is 51.5. The number of benzene rings is 2. The SMILES string of the molecule is Cc1cc(N2C(=O)N(CCCCCCCCCS(=O)(=O)CCCC(F)(F)C(F)(F)F)C(C)(C)C2=O)ccc1NS(N)(=O)=O.Cc1cc(N2C(=O)N(CCCCCCCCC[S+]([O-])CCCC(F)(F)C(F)(F)F)C(C)(C)C2=O)ccc1NS(N)(=O)=O. The van der Waals surface area contributed by atoms with E-state index in [9.17, 15) is 92.9 Å². The lowest BCUT2D eigenvalue weighted by Crippen LogP contribution is -2.44. The summed E-state index contributed by atoms with van der Waals surface area (Å²) in [6, 6.07) is 7.86. The maximum atomic E-state index is 13.2. The number of sulfone groups is 1. The van der Waals surface area contributed by atoms with Gasteiger partial charge in [0.1, 0.15) is 32.4 Å². The third kappa shape index (κ3) is 22.4. The molecule has 33 heteroatoms. The van der Waals surface area contributed by atoms with Crippen molar-refractivity contribution in [3.05, 3.63) is 47.5 Å². The molecule has 2 aliphatic heterocycles. The van der Waals surface area contributed by atoms with Crippen LogP contribution in [0.5, 0.6) is 0 Å². The van der Waals surface area contributed by atoms with E-state index in [1.54, 1.807) is 41.5 Å². The molecule has 0 bridgehead atoms. The number of rotatable bonds is 34. The van der Waals surface area contributed by atoms with Gasteiger partial charge >= 0.3 is 36.3 Å². The first-order valence-corrected chi connectivity index (χ1v) is 33.9. The Hall–Kier alpha value is -4.70. The van der Waals surface area contributed by atoms with Crippen molar-refractivity contribution in [3.63, 3.8) is 0 Å². The first-order valence-electron chi connectivity index (χ1n) is 27.5. The van der Waals surface area contributed by atoms with E-state index < -0.39 is 132 Å². The number of hydrogen-bond acceptors (Lipinski definition) is 11. The Bertz CT molecular complexity index is 2960. The molecular weight excluding hydrogens is 1230 g/mol. The monoisotopic (exact) mass is 1310 g/mol. The molecular formula is C52H78F10N8O11S4. The van der Waals surface area contributed by atoms with Crippen molar-refractivity contribution in [3.8, 4) is 0 Å². The zero-order valence-electron chi connectivity index (χ0n) is 48.3. The standard InChI is InChI=1S/C26H39F5N4O6S2.C26H39F5N4O5S2/c1-19-18-20(12-13-21(19)33-43(32,40)41)35-22(36)24(2,3)34(23(35)37)15-9-7-5-4-6-8-10-16-42(38,39)17-11-14-25(27,28)26(29,30)31;1-19-18-20(12-13-21(19)33-42(32,39)40)35-22(36)24(2,3)34(23(35)37)15-9-7-5-4-6-8-10-16-41(38)17-11-14-25(27,28)26(29,30)31/h12-13,18,33H,4-11,14-17H2,1-3H3,(H2,32,40,41);12-13,18,33H,4-11,14-17H2,1-3H3,(H2,32,39,40). The summed E-state index contributed by atoms with van der Waals surface area (Å²) in [5, 5.41) is 10.0. The number of carbonyl (C=O) groups is 4. The minimum absolute atomic E-state index is 0.183. The first kappa shape index (κ1) is 74.6. The minimum Gasteiger partial charge on any atom is -0.616 e. The number of alkyl halides is 10. The Morgan fingerprint density at radius 1 is 0.494 bits per heavy atom. The molecule has 0 radical (unpaired) electrons. The van der Waals surface area contributed by atoms with E-state index in [4.69, 9.17) is 10.3 Å². The fourth-order valence-electron chi connectivity index (χ4n) is 9.34. The average molecular weight is 1310 g/mol. The van der Waals surface area contributed by atoms with E-state index in [2.05, 4.69) is 9.44 Å². The van der Waals surface area contributed by atoms with Gasteiger partial charge in [-0.1, -0.05) is 69.0 Å². The lowest BCUT2D eigenvalue weighted by Gasteiger charge is -2.27. The Balaban J connectivity index is 0.000000445. The average Bonchev–Trinajstić information content (AvgIpc) is 1.72. The Labute approximate surface area is 494 Å². The van der Waals surface area contributed by atoms with Crippen LogP contribution in [0.1, 0.15) is 154 Å². The summed E-state index contributed by atoms with van der Waals surface area (Å²) in [4.78, 5) is 57.8. The molecule has 2 saturated heterocycles. The number of imide groups is 2. The maximum Gasteiger partial charge on any atom is 0.453 e. The summed E-state index contributed by atoms with van der Waals surface area (Å²) in [5.74, 6) is -11.4. The summed E-state index contributed by atoms with van der Waals surface area (Å²) in [6.45, 7) is 10.5. The molecule has 1 unspecified atom stereocenters. The summed E-state index contributed by atoms with van der Waals surface area (Å²) < 4.78 is 210. The van der Waals surface area contributed by atoms with Crippen LogP contribution in [0, 0.1) is 13.8 Å². The highest BCUT2D eigenvalue weighted by molar-refractivity contribution is 7.91. The second-order valence-corrected chi connectivity index (χ2v) is 28.7. The molecule has 85 heavy (non-hydrogen) atoms. The van der Waals surface area contributed by atoms with E-state index in [1.807, 2.05) is 0 Å². The molecule has 0 aromatic heterocycles. The summed E-state index contributed by atoms with van der Waals surface area (Å²) >= 11 is -1.43. The molecule has 2 aromatic carbocycles. The lowest BCUT2D eigenvalue weighted by molar-refractivity contribution is -0.284. The van der Waals surface area contributed by atoms with Crippen molar-refractivity contribution in [2.24, 2.45) is 10.3 Å². The van der Waals surface area contributed by atoms with Gasteiger partial charge in [0.05, 0.1) is 34.3 Å². The van der Waals surface area contributed by atoms with Crippen LogP contribution in [0.3, 0.4) is 0 Å². The number of nitrogens with zero attached hydrogens (tertiary/aromatic N) is 4. The van der Waals surface area contributed by atoms with Crippen LogP contribution in [0.4, 0.5) is 76.2 Å². The highest BCUT2D eigenvalue weighted by Gasteiger charge is 2.58. The van der Waals surface area contributed by atoms with Crippen molar-refractivity contribution in [1.29, 1.82) is 0 Å². The van der Waals surface area contributed by atoms with Crippen molar-refractivity contribution >= 4 is 88.1 Å². The van der Waals surface area contributed by atoms with Crippen molar-refractivity contribution in [2.45, 2.75) is 192 Å². The topological polar surface area (TPSA) is 283 Å². The predicted octanol–water partition coefficient (Wildman–Crippen LogP) is 10.9. The Kier molecular flexibility index (Phi) is 26.7. The quantitative estimate of drug-likeness (QED) is 0.0221. The molecule has 1 atom stereocenters. The number of nitrogens with one attached hydrogen (secondary N) is 2. The van der Waals surface area contributed by atoms with E-state index in [-0.39, 0.29) is 35.1 Å². The normalized spacial score (nSPS) is 16.6. The molecule has 4 rings (SSSR count). The summed E-state index contributed by atoms with van der Waals surface area (Å²) in [5.41, 5.74) is -0.159. The number of amides is 6. The molecule has 19 nitrogen and oxygen atoms in total. The van der Waals surface area contributed by atoms with E-state index in [0.717, 1.165) is 61.2 Å². The number of anilines is 4. The molecule has 6 N–H and O–H groups in total. The van der Waals surface area contributed by atoms with Gasteiger partial charge < -0.3 is 14.4 Å². The van der Waals surface area contributed by atoms with Gasteiger partial charge in [-0.3, -0.25) is 19.0 Å². The number of aryl methyl sites for hydroxylation is 2. The number of carbonyl (C=O) groups excluding carboxylic acids is 4. The van der Waals surface area contributed by atoms with E-state index in [0.29, 0.717) is 67.7 Å². The summed E-state index contributed by atoms with van der Waals surface area (Å²) in [7, 11) is -11.7. The smallest absolute Gasteiger partial charge is 0.453 e. The number of unbranched alkanes of at least 4 members (excludes halogenated alkanes) is 12.